The fourth-order valence-corrected chi connectivity index (χ4v) is 9.86. The van der Waals surface area contributed by atoms with Crippen molar-refractivity contribution in [3.8, 4) is 16.8 Å². The molecule has 11 rings (SSSR count). The number of rotatable bonds is 7. The van der Waals surface area contributed by atoms with Crippen LogP contribution >= 0.6 is 0 Å². The Bertz CT molecular complexity index is 2890. The number of para-hydroxylation sites is 1. The summed E-state index contributed by atoms with van der Waals surface area (Å²) in [6, 6.07) is 63.0. The summed E-state index contributed by atoms with van der Waals surface area (Å²) < 4.78 is 8.97. The first kappa shape index (κ1) is 39.9. The summed E-state index contributed by atoms with van der Waals surface area (Å²) in [5.74, 6) is 9.28. The topological polar surface area (TPSA) is 96.1 Å². The van der Waals surface area contributed by atoms with Crippen molar-refractivity contribution in [3.05, 3.63) is 221 Å². The van der Waals surface area contributed by atoms with Gasteiger partial charge in [0.1, 0.15) is 11.2 Å². The Morgan fingerprint density at radius 1 is 0.574 bits per heavy atom. The maximum atomic E-state index is 6.41. The van der Waals surface area contributed by atoms with Gasteiger partial charge in [-0.05, 0) is 126 Å². The van der Waals surface area contributed by atoms with Crippen LogP contribution in [0.15, 0.2) is 192 Å². The lowest BCUT2D eigenvalue weighted by atomic mass is 9.74. The highest BCUT2D eigenvalue weighted by Gasteiger charge is 2.30. The number of benzene rings is 7. The zero-order valence-electron chi connectivity index (χ0n) is 34.7. The van der Waals surface area contributed by atoms with Gasteiger partial charge in [-0.25, -0.2) is 0 Å². The summed E-state index contributed by atoms with van der Waals surface area (Å²) >= 11 is 0. The van der Waals surface area contributed by atoms with Gasteiger partial charge in [-0.2, -0.15) is 0 Å². The highest BCUT2D eigenvalue weighted by Crippen LogP contribution is 2.44. The maximum Gasteiger partial charge on any atom is 0.135 e. The van der Waals surface area contributed by atoms with Crippen molar-refractivity contribution < 1.29 is 4.42 Å². The van der Waals surface area contributed by atoms with E-state index >= 15 is 0 Å². The van der Waals surface area contributed by atoms with Gasteiger partial charge in [0.2, 0.25) is 0 Å². The molecule has 0 aliphatic heterocycles. The van der Waals surface area contributed by atoms with E-state index in [2.05, 4.69) is 180 Å². The summed E-state index contributed by atoms with van der Waals surface area (Å²) in [6.07, 6.45) is 10.6. The van der Waals surface area contributed by atoms with Gasteiger partial charge < -0.3 is 14.7 Å². The largest absolute Gasteiger partial charge is 0.456 e. The first-order valence-corrected chi connectivity index (χ1v) is 21.7. The van der Waals surface area contributed by atoms with E-state index in [1.807, 2.05) is 18.2 Å². The molecule has 5 nitrogen and oxygen atoms in total. The third kappa shape index (κ3) is 8.33. The summed E-state index contributed by atoms with van der Waals surface area (Å²) in [7, 11) is 0. The van der Waals surface area contributed by atoms with E-state index in [-0.39, 0.29) is 0 Å². The Balaban J connectivity index is 0.000000252. The van der Waals surface area contributed by atoms with Crippen LogP contribution in [0.1, 0.15) is 65.1 Å². The van der Waals surface area contributed by atoms with Gasteiger partial charge in [-0.15, -0.1) is 0 Å². The van der Waals surface area contributed by atoms with Crippen LogP contribution in [0.5, 0.6) is 0 Å². The van der Waals surface area contributed by atoms with Crippen LogP contribution in [-0.4, -0.2) is 4.57 Å². The molecule has 2 unspecified atom stereocenters. The van der Waals surface area contributed by atoms with Crippen LogP contribution in [0.3, 0.4) is 0 Å². The van der Waals surface area contributed by atoms with Crippen LogP contribution in [0.25, 0.3) is 49.7 Å². The standard InChI is InChI=1S/C43H37NO.C13H13N.H4N2/c1-3-11-29(12-4-1)25-34-17-10-20-42-43(34)38-28-35(22-24-41(38)45-42)44-39-19-8-7-18-36(39)37-27-33(21-23-40(37)44)32-16-9-15-31(26-32)30-13-5-2-6-14-30;14-10-11-6-8-13(9-7-11)12-4-2-1-3-5-12;1-2/h1-8,10-14,16-20,22,24,28,31,33H,9,15,21,23,25-27H2;1-9H,10,14H2;1-2H2. The van der Waals surface area contributed by atoms with Gasteiger partial charge in [0.15, 0.2) is 0 Å². The molecule has 61 heavy (non-hydrogen) atoms. The molecule has 2 aliphatic rings. The highest BCUT2D eigenvalue weighted by molar-refractivity contribution is 6.07. The van der Waals surface area contributed by atoms with Crippen LogP contribution in [0, 0.1) is 5.92 Å². The zero-order valence-corrected chi connectivity index (χ0v) is 34.7. The molecular weight excluding hydrogens is 745 g/mol. The SMILES string of the molecule is C1=C(C2CCc3c(c4ccccc4n3-c3ccc4oc5cccc(Cc6ccccc6)c5c4c3)C2)CC(c2ccccc2)CC1.NCc1ccc(-c2ccccc2)cc1.NN. The number of aromatic nitrogens is 1. The Morgan fingerprint density at radius 2 is 1.28 bits per heavy atom. The minimum atomic E-state index is 0.606. The molecule has 2 aliphatic carbocycles. The quantitative estimate of drug-likeness (QED) is 0.0850. The number of furan rings is 1. The fourth-order valence-electron chi connectivity index (χ4n) is 9.86. The number of hydrazine groups is 1. The van der Waals surface area contributed by atoms with E-state index in [9.17, 15) is 0 Å². The molecule has 0 spiro atoms. The number of allylic oxidation sites excluding steroid dienone is 2. The number of fused-ring (bicyclic) bond motifs is 6. The van der Waals surface area contributed by atoms with Gasteiger partial charge in [-0.1, -0.05) is 157 Å². The average molecular weight is 799 g/mol. The molecule has 6 N–H and O–H groups in total. The van der Waals surface area contributed by atoms with E-state index in [4.69, 9.17) is 10.2 Å². The highest BCUT2D eigenvalue weighted by atomic mass is 16.3. The molecule has 0 saturated carbocycles. The third-order valence-electron chi connectivity index (χ3n) is 12.8. The molecule has 7 aromatic carbocycles. The van der Waals surface area contributed by atoms with Crippen molar-refractivity contribution in [2.75, 3.05) is 0 Å². The lowest BCUT2D eigenvalue weighted by molar-refractivity contribution is 0.464. The van der Waals surface area contributed by atoms with Gasteiger partial charge in [0.25, 0.3) is 0 Å². The Morgan fingerprint density at radius 3 is 2.05 bits per heavy atom. The fraction of sp³-hybridized carbons (Fsp3) is 0.179. The summed E-state index contributed by atoms with van der Waals surface area (Å²) in [5, 5.41) is 3.85. The molecule has 9 aromatic rings. The molecular formula is C56H54N4O. The molecule has 0 amide bonds. The van der Waals surface area contributed by atoms with Gasteiger partial charge in [0.05, 0.1) is 5.52 Å². The lowest BCUT2D eigenvalue weighted by Gasteiger charge is -2.31. The van der Waals surface area contributed by atoms with Crippen LogP contribution < -0.4 is 17.4 Å². The Kier molecular flexibility index (Phi) is 12.1. The smallest absolute Gasteiger partial charge is 0.135 e. The molecule has 2 heterocycles. The monoisotopic (exact) mass is 798 g/mol. The van der Waals surface area contributed by atoms with Gasteiger partial charge in [0, 0.05) is 34.1 Å². The minimum absolute atomic E-state index is 0.606. The maximum absolute atomic E-state index is 6.41. The minimum Gasteiger partial charge on any atom is -0.456 e. The number of nitrogens with zero attached hydrogens (tertiary/aromatic N) is 1. The molecule has 0 bridgehead atoms. The Hall–Kier alpha value is -6.50. The van der Waals surface area contributed by atoms with Crippen molar-refractivity contribution in [3.63, 3.8) is 0 Å². The Labute approximate surface area is 359 Å². The molecule has 304 valence electrons. The number of hydrogen-bond acceptors (Lipinski definition) is 4. The average Bonchev–Trinajstić information content (AvgIpc) is 3.89. The third-order valence-corrected chi connectivity index (χ3v) is 12.8. The van der Waals surface area contributed by atoms with Crippen molar-refractivity contribution in [1.29, 1.82) is 0 Å². The lowest BCUT2D eigenvalue weighted by Crippen LogP contribution is -2.20. The van der Waals surface area contributed by atoms with E-state index in [0.717, 1.165) is 30.4 Å². The van der Waals surface area contributed by atoms with Crippen LogP contribution in [0.2, 0.25) is 0 Å². The van der Waals surface area contributed by atoms with Crippen molar-refractivity contribution in [2.45, 2.75) is 57.4 Å². The second-order valence-corrected chi connectivity index (χ2v) is 16.4. The normalized spacial score (nSPS) is 16.0. The van der Waals surface area contributed by atoms with E-state index in [1.165, 1.54) is 92.1 Å². The summed E-state index contributed by atoms with van der Waals surface area (Å²) in [4.78, 5) is 0. The second-order valence-electron chi connectivity index (χ2n) is 16.4. The van der Waals surface area contributed by atoms with E-state index in [0.29, 0.717) is 18.4 Å². The van der Waals surface area contributed by atoms with Crippen molar-refractivity contribution in [1.82, 2.24) is 4.57 Å². The summed E-state index contributed by atoms with van der Waals surface area (Å²) in [5.41, 5.74) is 22.5. The number of nitrogens with two attached hydrogens (primary N) is 3. The molecule has 0 fully saturated rings. The molecule has 5 heteroatoms. The molecule has 2 atom stereocenters. The van der Waals surface area contributed by atoms with Crippen molar-refractivity contribution >= 4 is 32.8 Å². The molecule has 2 aromatic heterocycles. The predicted molar refractivity (Wildman–Crippen MR) is 255 cm³/mol. The first-order chi connectivity index (χ1) is 30.2. The van der Waals surface area contributed by atoms with E-state index in [1.54, 1.807) is 11.1 Å². The summed E-state index contributed by atoms with van der Waals surface area (Å²) in [6.45, 7) is 0.606. The zero-order chi connectivity index (χ0) is 41.5. The molecule has 0 radical (unpaired) electrons. The van der Waals surface area contributed by atoms with Crippen molar-refractivity contribution in [2.24, 2.45) is 23.3 Å². The first-order valence-electron chi connectivity index (χ1n) is 21.7. The predicted octanol–water partition coefficient (Wildman–Crippen LogP) is 12.8. The van der Waals surface area contributed by atoms with Crippen LogP contribution in [0.4, 0.5) is 0 Å². The van der Waals surface area contributed by atoms with E-state index < -0.39 is 0 Å². The van der Waals surface area contributed by atoms with Gasteiger partial charge in [-0.3, -0.25) is 11.7 Å². The molecule has 0 saturated heterocycles. The second kappa shape index (κ2) is 18.4. The number of hydrogen-bond donors (Lipinski definition) is 3. The van der Waals surface area contributed by atoms with Gasteiger partial charge >= 0.3 is 0 Å². The van der Waals surface area contributed by atoms with Crippen LogP contribution in [-0.2, 0) is 25.8 Å².